The molecule has 5 aromatic rings. The van der Waals surface area contributed by atoms with Crippen LogP contribution in [-0.2, 0) is 12.0 Å². The van der Waals surface area contributed by atoms with E-state index < -0.39 is 23.6 Å². The average molecular weight is 748 g/mol. The molecule has 1 saturated carbocycles. The van der Waals surface area contributed by atoms with Crippen LogP contribution in [0.1, 0.15) is 68.6 Å². The number of nitrogens with one attached hydrogen (secondary N) is 1. The first-order valence-corrected chi connectivity index (χ1v) is 18.2. The van der Waals surface area contributed by atoms with Crippen LogP contribution in [0.15, 0.2) is 42.6 Å². The molecule has 3 aliphatic heterocycles. The van der Waals surface area contributed by atoms with Crippen LogP contribution in [0.3, 0.4) is 0 Å². The summed E-state index contributed by atoms with van der Waals surface area (Å²) in [5.41, 5.74) is 2.72. The highest BCUT2D eigenvalue weighted by atomic mass is 35.5. The fourth-order valence-corrected chi connectivity index (χ4v) is 9.22. The second-order valence-corrected chi connectivity index (χ2v) is 15.4. The predicted molar refractivity (Wildman–Crippen MR) is 196 cm³/mol. The Morgan fingerprint density at radius 3 is 2.65 bits per heavy atom. The minimum Gasteiger partial charge on any atom is -0.465 e. The van der Waals surface area contributed by atoms with Crippen molar-refractivity contribution in [1.29, 1.82) is 5.26 Å². The van der Waals surface area contributed by atoms with E-state index in [0.717, 1.165) is 13.0 Å². The van der Waals surface area contributed by atoms with E-state index in [1.165, 1.54) is 4.90 Å². The fourth-order valence-electron chi connectivity index (χ4n) is 8.43. The van der Waals surface area contributed by atoms with Crippen molar-refractivity contribution in [3.05, 3.63) is 80.4 Å². The number of nitrogens with zero attached hydrogens (tertiary/aromatic N) is 5. The van der Waals surface area contributed by atoms with Crippen molar-refractivity contribution in [2.45, 2.75) is 69.7 Å². The van der Waals surface area contributed by atoms with Gasteiger partial charge in [0.2, 0.25) is 0 Å². The fraction of sp³-hybridized carbons (Fsp3) is 0.368. The van der Waals surface area contributed by atoms with Crippen LogP contribution in [0.4, 0.5) is 9.18 Å². The van der Waals surface area contributed by atoms with Crippen LogP contribution < -0.4 is 5.32 Å². The van der Waals surface area contributed by atoms with Crippen LogP contribution in [0.25, 0.3) is 44.2 Å². The minimum atomic E-state index is -1.20. The number of likely N-dealkylation sites (tertiary alicyclic amines) is 1. The zero-order chi connectivity index (χ0) is 35.9. The first kappa shape index (κ1) is 34.1. The zero-order valence-electron chi connectivity index (χ0n) is 27.9. The molecule has 1 amide bonds. The van der Waals surface area contributed by atoms with Crippen molar-refractivity contribution in [3.8, 4) is 28.5 Å². The summed E-state index contributed by atoms with van der Waals surface area (Å²) >= 11 is 20.6. The molecule has 3 aromatic heterocycles. The Morgan fingerprint density at radius 2 is 2.00 bits per heavy atom. The van der Waals surface area contributed by atoms with Gasteiger partial charge >= 0.3 is 6.09 Å². The number of hydrogen-bond donors (Lipinski definition) is 3. The largest absolute Gasteiger partial charge is 0.465 e. The van der Waals surface area contributed by atoms with Crippen LogP contribution in [0, 0.1) is 23.1 Å². The van der Waals surface area contributed by atoms with Gasteiger partial charge in [0.15, 0.2) is 5.82 Å². The van der Waals surface area contributed by atoms with Gasteiger partial charge in [-0.05, 0) is 75.3 Å². The maximum Gasteiger partial charge on any atom is 0.407 e. The highest BCUT2D eigenvalue weighted by Crippen LogP contribution is 2.54. The Bertz CT molecular complexity index is 2280. The molecule has 3 saturated heterocycles. The Morgan fingerprint density at radius 1 is 1.20 bits per heavy atom. The highest BCUT2D eigenvalue weighted by molar-refractivity contribution is 6.44. The molecule has 9 nitrogen and oxygen atoms in total. The summed E-state index contributed by atoms with van der Waals surface area (Å²) in [6.07, 6.45) is 3.16. The summed E-state index contributed by atoms with van der Waals surface area (Å²) in [6.45, 7) is 4.46. The minimum absolute atomic E-state index is 0.0481. The molecule has 4 atom stereocenters. The van der Waals surface area contributed by atoms with E-state index in [9.17, 15) is 20.3 Å². The van der Waals surface area contributed by atoms with E-state index in [4.69, 9.17) is 39.8 Å². The van der Waals surface area contributed by atoms with Gasteiger partial charge < -0.3 is 20.1 Å². The number of aryl methyl sites for hydroxylation is 1. The predicted octanol–water partition coefficient (Wildman–Crippen LogP) is 9.05. The molecule has 262 valence electrons. The van der Waals surface area contributed by atoms with Crippen LogP contribution in [-0.4, -0.2) is 54.9 Å². The summed E-state index contributed by atoms with van der Waals surface area (Å²) in [5.74, 6) is -0.353. The van der Waals surface area contributed by atoms with E-state index in [1.807, 2.05) is 6.07 Å². The number of aliphatic hydroxyl groups is 1. The van der Waals surface area contributed by atoms with E-state index in [1.54, 1.807) is 50.4 Å². The standard InChI is InChI=1S/C38H34Cl3FN6O3/c1-38(2,51)26-11-10-19(16-45-26)32-28-30(41)36(25-9-5-13-47(25)37(49)50)48(34-20-15-24(34)44-17-20)35(28)22-14-18(6-4-12-43)27(31(42)33(22)46-32)21-7-3-8-23(39)29(21)40/h3,7-8,10-11,14,16,20,24-25,34,44,51H,4-6,9,13,15,17H2,1-2H3,(H,49,50)/t20-,24-,25-,34+/m1/s1. The van der Waals surface area contributed by atoms with Crippen LogP contribution in [0.5, 0.6) is 0 Å². The van der Waals surface area contributed by atoms with Crippen molar-refractivity contribution < 1.29 is 19.4 Å². The molecule has 0 radical (unpaired) electrons. The highest BCUT2D eigenvalue weighted by Gasteiger charge is 2.51. The summed E-state index contributed by atoms with van der Waals surface area (Å²) < 4.78 is 19.7. The number of benzene rings is 2. The first-order chi connectivity index (χ1) is 24.4. The molecule has 13 heteroatoms. The Labute approximate surface area is 308 Å². The number of pyridine rings is 2. The van der Waals surface area contributed by atoms with Gasteiger partial charge in [-0.3, -0.25) is 9.88 Å². The first-order valence-electron chi connectivity index (χ1n) is 17.0. The lowest BCUT2D eigenvalue weighted by Gasteiger charge is -2.39. The molecule has 2 bridgehead atoms. The van der Waals surface area contributed by atoms with E-state index >= 15 is 4.39 Å². The summed E-state index contributed by atoms with van der Waals surface area (Å²) in [4.78, 5) is 23.6. The Balaban J connectivity index is 1.53. The molecule has 4 fully saturated rings. The quantitative estimate of drug-likeness (QED) is 0.152. The third-order valence-electron chi connectivity index (χ3n) is 10.8. The van der Waals surface area contributed by atoms with Gasteiger partial charge in [-0.15, -0.1) is 0 Å². The van der Waals surface area contributed by atoms with Crippen LogP contribution in [0.2, 0.25) is 15.1 Å². The van der Waals surface area contributed by atoms with Gasteiger partial charge in [-0.1, -0.05) is 46.9 Å². The van der Waals surface area contributed by atoms with Crippen molar-refractivity contribution in [2.75, 3.05) is 13.1 Å². The molecule has 51 heavy (non-hydrogen) atoms. The molecule has 3 N–H and O–H groups in total. The van der Waals surface area contributed by atoms with Crippen molar-refractivity contribution >= 4 is 62.7 Å². The van der Waals surface area contributed by atoms with Crippen molar-refractivity contribution in [1.82, 2.24) is 24.8 Å². The van der Waals surface area contributed by atoms with Gasteiger partial charge in [0, 0.05) is 59.2 Å². The van der Waals surface area contributed by atoms with Crippen molar-refractivity contribution in [3.63, 3.8) is 0 Å². The number of rotatable bonds is 7. The normalized spacial score (nSPS) is 21.4. The van der Waals surface area contributed by atoms with E-state index in [-0.39, 0.29) is 52.0 Å². The molecule has 0 unspecified atom stereocenters. The molecule has 2 aromatic carbocycles. The van der Waals surface area contributed by atoms with Gasteiger partial charge in [-0.2, -0.15) is 5.26 Å². The van der Waals surface area contributed by atoms with Gasteiger partial charge in [0.1, 0.15) is 11.1 Å². The Kier molecular flexibility index (Phi) is 8.43. The maximum atomic E-state index is 17.5. The second kappa shape index (κ2) is 12.6. The van der Waals surface area contributed by atoms with Crippen molar-refractivity contribution in [2.24, 2.45) is 5.92 Å². The maximum absolute atomic E-state index is 17.5. The molecular formula is C38H34Cl3FN6O3. The summed E-state index contributed by atoms with van der Waals surface area (Å²) in [7, 11) is 0. The number of hydrogen-bond acceptors (Lipinski definition) is 6. The number of amides is 1. The smallest absolute Gasteiger partial charge is 0.407 e. The van der Waals surface area contributed by atoms with Gasteiger partial charge in [0.25, 0.3) is 0 Å². The lowest BCUT2D eigenvalue weighted by Crippen LogP contribution is -2.40. The lowest BCUT2D eigenvalue weighted by atomic mass is 9.79. The third kappa shape index (κ3) is 5.36. The molecular weight excluding hydrogens is 714 g/mol. The topological polar surface area (TPSA) is 127 Å². The second-order valence-electron chi connectivity index (χ2n) is 14.3. The van der Waals surface area contributed by atoms with Gasteiger partial charge in [-0.25, -0.2) is 14.2 Å². The molecule has 4 aliphatic rings. The molecule has 0 spiro atoms. The van der Waals surface area contributed by atoms with E-state index in [2.05, 4.69) is 20.9 Å². The number of aromatic nitrogens is 3. The number of carboxylic acid groups (broad SMARTS) is 1. The summed E-state index contributed by atoms with van der Waals surface area (Å²) in [6, 6.07) is 12.1. The van der Waals surface area contributed by atoms with Crippen LogP contribution >= 0.6 is 34.8 Å². The summed E-state index contributed by atoms with van der Waals surface area (Å²) in [5, 5.41) is 36.0. The van der Waals surface area contributed by atoms with Gasteiger partial charge in [0.05, 0.1) is 55.8 Å². The number of fused-ring (bicyclic) bond motifs is 4. The average Bonchev–Trinajstić information content (AvgIpc) is 3.90. The zero-order valence-corrected chi connectivity index (χ0v) is 30.1. The lowest BCUT2D eigenvalue weighted by molar-refractivity contribution is 0.0739. The molecule has 9 rings (SSSR count). The van der Waals surface area contributed by atoms with E-state index in [0.29, 0.717) is 74.5 Å². The third-order valence-corrected chi connectivity index (χ3v) is 12.0. The monoisotopic (exact) mass is 746 g/mol. The molecule has 1 aliphatic carbocycles. The SMILES string of the molecule is CC(C)(O)c1ccc(-c2nc3c(F)c(-c4cccc(Cl)c4Cl)c(CCC#N)cc3c3c2c(Cl)c([C@H]2CCCN2C(=O)O)n3[C@H]2[C@H]3CN[C@@H]2C3)cn1. The Hall–Kier alpha value is -3.98. The number of carbonyl (C=O) groups is 1. The number of nitriles is 1. The molecule has 6 heterocycles. The number of halogens is 4.